The van der Waals surface area contributed by atoms with Crippen LogP contribution in [0, 0.1) is 17.2 Å². The normalized spacial score (nSPS) is 12.1. The van der Waals surface area contributed by atoms with Gasteiger partial charge in [-0.05, 0) is 112 Å². The monoisotopic (exact) mass is 1180 g/mol. The molecule has 2 aromatic carbocycles. The third-order valence-corrected chi connectivity index (χ3v) is 12.1. The predicted octanol–water partition coefficient (Wildman–Crippen LogP) is 6.20. The lowest BCUT2D eigenvalue weighted by Crippen LogP contribution is -2.42. The highest BCUT2D eigenvalue weighted by molar-refractivity contribution is 7.80. The fraction of sp³-hybridized carbons (Fsp3) is 0.500. The summed E-state index contributed by atoms with van der Waals surface area (Å²) in [5.41, 5.74) is 20.9. The van der Waals surface area contributed by atoms with E-state index in [-0.39, 0.29) is 66.2 Å². The number of aliphatic hydroxyl groups is 1. The number of nitrogen functional groups attached to an aromatic ring is 1. The number of ketones is 2. The number of aryl methyl sites for hydroxylation is 1. The lowest BCUT2D eigenvalue weighted by atomic mass is 9.79. The molecule has 2 aliphatic rings. The van der Waals surface area contributed by atoms with E-state index in [4.69, 9.17) is 56.2 Å². The number of nitrogens with two attached hydrogens (primary N) is 3. The van der Waals surface area contributed by atoms with E-state index in [0.717, 1.165) is 74.5 Å². The first-order valence-corrected chi connectivity index (χ1v) is 27.9. The summed E-state index contributed by atoms with van der Waals surface area (Å²) in [6.07, 6.45) is 4.73. The fourth-order valence-electron chi connectivity index (χ4n) is 7.41. The van der Waals surface area contributed by atoms with Gasteiger partial charge in [0, 0.05) is 54.1 Å². The molecule has 3 atom stereocenters. The summed E-state index contributed by atoms with van der Waals surface area (Å²) in [5.74, 6) is -2.94. The maximum Gasteiger partial charge on any atom is 0.514 e. The number of carbonyl (C=O) groups is 8. The minimum atomic E-state index is -1.32. The molecule has 4 aromatic rings. The molecule has 1 aliphatic carbocycles. The quantitative estimate of drug-likeness (QED) is 0.0109. The standard InChI is InChI=1S/C33H33N3O6.C9H17NO3S.C5H10N2O2.C4H11N.2C2H4O2.C2H6.CH4N2/c1-3-22-24-14-21(42-33(40)41-17-18-8-10-20(34)11-9-18)12-13-27(24)35-29-26(22)16-36-28(29)15-25(23(4-2)32(36)39)31(38)30(37)19-6-5-7-19;1-3-6(2)4-8(11)10-7(5-14)9(12)13;1-4(8)3-7-5(9)2-6;1-3-4-5-2;2*1-2(3)4;1-2;2-1-3/h8-15,19,31,38H,3-7,16-17,34H2,1-2H3;6-7,14H,3-5H2,1-2H3,(H,10,11)(H,12,13);2-3,6H2,1H3,(H,7,9);5H,3-4H2,1-2H3;2*1H3,(H,3,4);1-2H3;1H,(H3,2,3). The Labute approximate surface area is 491 Å². The van der Waals surface area contributed by atoms with Gasteiger partial charge in [-0.2, -0.15) is 12.6 Å². The van der Waals surface area contributed by atoms with Crippen LogP contribution in [0.25, 0.3) is 22.3 Å². The maximum absolute atomic E-state index is 13.6. The van der Waals surface area contributed by atoms with E-state index in [1.165, 1.54) is 13.3 Å². The van der Waals surface area contributed by atoms with Crippen LogP contribution in [0.3, 0.4) is 0 Å². The number of carbonyl (C=O) groups excluding carboxylic acids is 5. The van der Waals surface area contributed by atoms with Gasteiger partial charge in [0.2, 0.25) is 11.8 Å². The van der Waals surface area contributed by atoms with Gasteiger partial charge in [-0.15, -0.1) is 0 Å². The minimum Gasteiger partial charge on any atom is -0.481 e. The van der Waals surface area contributed by atoms with E-state index in [2.05, 4.69) is 41.2 Å². The Hall–Kier alpha value is -7.74. The van der Waals surface area contributed by atoms with Crippen molar-refractivity contribution in [2.45, 2.75) is 146 Å². The average molecular weight is 1180 g/mol. The van der Waals surface area contributed by atoms with Crippen LogP contribution in [-0.2, 0) is 64.3 Å². The summed E-state index contributed by atoms with van der Waals surface area (Å²) in [5, 5.41) is 49.0. The number of rotatable bonds is 19. The first-order chi connectivity index (χ1) is 39.2. The molecule has 0 spiro atoms. The SMILES string of the molecule is CC.CC(=O)CNC(=O)CN.CC(=O)O.CC(=O)O.CCC(C)CC(=O)NC(CS)C(=O)O.CCCNC.CCc1c(C(O)C(=O)C2CCC2)cc2n(c1=O)Cc1c-2nc2ccc(OC(=O)OCc3ccc(N)cc3)cc2c1CC.N=CN. The average Bonchev–Trinajstić information content (AvgIpc) is 4.08. The Morgan fingerprint density at radius 3 is 1.90 bits per heavy atom. The van der Waals surface area contributed by atoms with E-state index in [9.17, 15) is 38.7 Å². The molecule has 462 valence electrons. The highest BCUT2D eigenvalue weighted by atomic mass is 32.1. The number of aromatic nitrogens is 2. The van der Waals surface area contributed by atoms with Crippen molar-refractivity contribution >= 4 is 83.0 Å². The number of hydrogen-bond donors (Lipinski definition) is 12. The molecule has 1 aliphatic heterocycles. The number of anilines is 1. The first-order valence-electron chi connectivity index (χ1n) is 27.2. The Balaban J connectivity index is 0. The lowest BCUT2D eigenvalue weighted by molar-refractivity contribution is -0.141. The zero-order chi connectivity index (χ0) is 63.9. The highest BCUT2D eigenvalue weighted by Crippen LogP contribution is 2.39. The van der Waals surface area contributed by atoms with E-state index in [0.29, 0.717) is 65.3 Å². The molecule has 25 heteroatoms. The van der Waals surface area contributed by atoms with Crippen molar-refractivity contribution in [3.8, 4) is 17.1 Å². The Bertz CT molecular complexity index is 2750. The van der Waals surface area contributed by atoms with Crippen molar-refractivity contribution in [2.75, 3.05) is 38.2 Å². The number of fused-ring (bicyclic) bond motifs is 4. The molecule has 3 heterocycles. The molecule has 2 amide bonds. The molecule has 1 saturated carbocycles. The first kappa shape index (κ1) is 77.3. The number of ether oxygens (including phenoxy) is 2. The van der Waals surface area contributed by atoms with Crippen LogP contribution in [0.1, 0.15) is 142 Å². The number of thiol groups is 1. The van der Waals surface area contributed by atoms with Crippen LogP contribution >= 0.6 is 12.6 Å². The topological polar surface area (TPSA) is 409 Å². The number of pyridine rings is 2. The van der Waals surface area contributed by atoms with E-state index in [1.54, 1.807) is 53.1 Å². The maximum atomic E-state index is 13.6. The van der Waals surface area contributed by atoms with E-state index in [1.807, 2.05) is 48.6 Å². The number of benzene rings is 2. The third kappa shape index (κ3) is 29.2. The van der Waals surface area contributed by atoms with Crippen LogP contribution in [0.4, 0.5) is 10.5 Å². The smallest absolute Gasteiger partial charge is 0.481 e. The van der Waals surface area contributed by atoms with E-state index >= 15 is 0 Å². The Kier molecular flexibility index (Phi) is 40.1. The van der Waals surface area contributed by atoms with Gasteiger partial charge in [-0.3, -0.25) is 39.0 Å². The number of hydrogen-bond acceptors (Lipinski definition) is 18. The molecule has 83 heavy (non-hydrogen) atoms. The minimum absolute atomic E-state index is 0.0532. The molecule has 14 N–H and O–H groups in total. The second kappa shape index (κ2) is 43.0. The van der Waals surface area contributed by atoms with Gasteiger partial charge in [0.15, 0.2) is 5.78 Å². The summed E-state index contributed by atoms with van der Waals surface area (Å²) in [4.78, 5) is 104. The van der Waals surface area contributed by atoms with Gasteiger partial charge in [-0.25, -0.2) is 14.6 Å². The lowest BCUT2D eigenvalue weighted by Gasteiger charge is -2.27. The van der Waals surface area contributed by atoms with Gasteiger partial charge >= 0.3 is 12.1 Å². The second-order valence-electron chi connectivity index (χ2n) is 18.3. The number of amides is 2. The summed E-state index contributed by atoms with van der Waals surface area (Å²) in [7, 11) is 1.96. The van der Waals surface area contributed by atoms with Crippen molar-refractivity contribution in [1.29, 1.82) is 5.41 Å². The van der Waals surface area contributed by atoms with Crippen molar-refractivity contribution in [1.82, 2.24) is 25.5 Å². The molecule has 1 fully saturated rings. The second-order valence-corrected chi connectivity index (χ2v) is 18.7. The molecule has 3 unspecified atom stereocenters. The zero-order valence-corrected chi connectivity index (χ0v) is 50.7. The van der Waals surface area contributed by atoms with Crippen LogP contribution < -0.4 is 43.4 Å². The summed E-state index contributed by atoms with van der Waals surface area (Å²) in [6.45, 7) is 19.1. The third-order valence-electron chi connectivity index (χ3n) is 11.8. The summed E-state index contributed by atoms with van der Waals surface area (Å²) < 4.78 is 12.4. The molecule has 0 saturated heterocycles. The van der Waals surface area contributed by atoms with Crippen LogP contribution in [0.5, 0.6) is 5.75 Å². The molecule has 0 bridgehead atoms. The molecule has 0 radical (unpaired) electrons. The van der Waals surface area contributed by atoms with Crippen molar-refractivity contribution in [2.24, 2.45) is 23.3 Å². The number of carboxylic acid groups (broad SMARTS) is 3. The molecule has 2 aromatic heterocycles. The van der Waals surface area contributed by atoms with Gasteiger partial charge < -0.3 is 67.6 Å². The predicted molar refractivity (Wildman–Crippen MR) is 324 cm³/mol. The van der Waals surface area contributed by atoms with Gasteiger partial charge in [0.25, 0.3) is 17.5 Å². The summed E-state index contributed by atoms with van der Waals surface area (Å²) in [6, 6.07) is 13.1. The van der Waals surface area contributed by atoms with Gasteiger partial charge in [0.05, 0.1) is 42.9 Å². The van der Waals surface area contributed by atoms with E-state index < -0.39 is 36.2 Å². The number of nitrogens with zero attached hydrogens (tertiary/aromatic N) is 2. The Morgan fingerprint density at radius 1 is 0.904 bits per heavy atom. The summed E-state index contributed by atoms with van der Waals surface area (Å²) >= 11 is 3.85. The number of carboxylic acids is 3. The number of aliphatic hydroxyl groups excluding tert-OH is 1. The molecular formula is C58H89N9O15S. The molecule has 6 rings (SSSR count). The number of Topliss-reactive ketones (excluding diaryl/α,β-unsaturated/α-hetero) is 2. The van der Waals surface area contributed by atoms with Crippen LogP contribution in [0.2, 0.25) is 0 Å². The van der Waals surface area contributed by atoms with Crippen molar-refractivity contribution in [3.05, 3.63) is 86.7 Å². The zero-order valence-electron chi connectivity index (χ0n) is 49.8. The fourth-order valence-corrected chi connectivity index (χ4v) is 7.66. The highest BCUT2D eigenvalue weighted by Gasteiger charge is 2.35. The largest absolute Gasteiger partial charge is 0.514 e. The van der Waals surface area contributed by atoms with Crippen molar-refractivity contribution < 1.29 is 68.3 Å². The van der Waals surface area contributed by atoms with Crippen LogP contribution in [0.15, 0.2) is 53.3 Å². The van der Waals surface area contributed by atoms with Crippen LogP contribution in [-0.4, -0.2) is 122 Å². The number of nitrogens with one attached hydrogen (secondary N) is 4. The molecule has 24 nitrogen and oxygen atoms in total. The van der Waals surface area contributed by atoms with Gasteiger partial charge in [0.1, 0.15) is 30.3 Å². The van der Waals surface area contributed by atoms with Gasteiger partial charge in [-0.1, -0.05) is 73.4 Å². The molecular weight excluding hydrogens is 1090 g/mol. The number of aliphatic carboxylic acids is 3. The van der Waals surface area contributed by atoms with Crippen molar-refractivity contribution in [3.63, 3.8) is 0 Å². The Morgan fingerprint density at radius 2 is 1.47 bits per heavy atom.